The number of nitrogens with one attached hydrogen (secondary N) is 1. The summed E-state index contributed by atoms with van der Waals surface area (Å²) in [6, 6.07) is 5.68. The maximum Gasteiger partial charge on any atom is 0.247 e. The van der Waals surface area contributed by atoms with Gasteiger partial charge in [0.25, 0.3) is 0 Å². The minimum Gasteiger partial charge on any atom is -0.352 e. The van der Waals surface area contributed by atoms with Crippen molar-refractivity contribution in [2.24, 2.45) is 0 Å². The maximum atomic E-state index is 11.4. The largest absolute Gasteiger partial charge is 0.352 e. The van der Waals surface area contributed by atoms with Gasteiger partial charge in [0.05, 0.1) is 5.52 Å². The predicted octanol–water partition coefficient (Wildman–Crippen LogP) is 2.91. The number of rotatable bonds is 3. The lowest BCUT2D eigenvalue weighted by Crippen LogP contribution is -2.19. The number of fused-ring (bicyclic) bond motifs is 1. The molecule has 1 aliphatic rings. The molecule has 1 amide bonds. The molecule has 0 bridgehead atoms. The topological polar surface area (TPSA) is 58.1 Å². The summed E-state index contributed by atoms with van der Waals surface area (Å²) in [5, 5.41) is 3.75. The van der Waals surface area contributed by atoms with Gasteiger partial charge in [0.1, 0.15) is 12.1 Å². The van der Waals surface area contributed by atoms with Gasteiger partial charge in [-0.3, -0.25) is 4.79 Å². The van der Waals surface area contributed by atoms with Crippen molar-refractivity contribution < 1.29 is 4.79 Å². The first-order valence-electron chi connectivity index (χ1n) is 7.28. The molecule has 1 aliphatic heterocycles. The fourth-order valence-electron chi connectivity index (χ4n) is 2.66. The molecule has 22 heavy (non-hydrogen) atoms. The number of hydrogen-bond acceptors (Lipinski definition) is 4. The number of benzene rings is 1. The molecule has 0 aliphatic carbocycles. The first kappa shape index (κ1) is 14.3. The molecule has 1 aromatic carbocycles. The number of carbonyl (C=O) groups is 1. The molecular weight excluding hydrogens is 276 g/mol. The highest BCUT2D eigenvalue weighted by atomic mass is 16.1. The number of allylic oxidation sites excluding steroid dienone is 1. The molecule has 5 heteroatoms. The Hall–Kier alpha value is -2.69. The summed E-state index contributed by atoms with van der Waals surface area (Å²) in [5.41, 5.74) is 2.96. The number of hydrogen-bond donors (Lipinski definition) is 1. The number of aromatic nitrogens is 2. The molecule has 0 radical (unpaired) electrons. The molecule has 2 aromatic rings. The van der Waals surface area contributed by atoms with E-state index in [1.54, 1.807) is 6.33 Å². The maximum absolute atomic E-state index is 11.4. The first-order valence-corrected chi connectivity index (χ1v) is 7.28. The molecule has 3 rings (SSSR count). The first-order chi connectivity index (χ1) is 10.7. The quantitative estimate of drug-likeness (QED) is 0.698. The van der Waals surface area contributed by atoms with Gasteiger partial charge in [0.15, 0.2) is 0 Å². The zero-order valence-corrected chi connectivity index (χ0v) is 12.5. The number of nitrogens with zero attached hydrogens (tertiary/aromatic N) is 3. The molecule has 112 valence electrons. The van der Waals surface area contributed by atoms with Gasteiger partial charge in [-0.2, -0.15) is 0 Å². The Kier molecular flexibility index (Phi) is 3.87. The Labute approximate surface area is 129 Å². The predicted molar refractivity (Wildman–Crippen MR) is 89.0 cm³/mol. The number of anilines is 2. The van der Waals surface area contributed by atoms with Crippen LogP contribution in [0.2, 0.25) is 0 Å². The normalized spacial score (nSPS) is 16.2. The summed E-state index contributed by atoms with van der Waals surface area (Å²) < 4.78 is 0. The van der Waals surface area contributed by atoms with Crippen LogP contribution in [-0.4, -0.2) is 29.0 Å². The molecular formula is C17H18N4O. The molecule has 0 saturated carbocycles. The van der Waals surface area contributed by atoms with Gasteiger partial charge >= 0.3 is 0 Å². The van der Waals surface area contributed by atoms with E-state index in [1.165, 1.54) is 11.6 Å². The SMILES string of the molecule is C=CC(=O)Nc1ccc2c(N3CC/C(=C/C)C3)ncnc2c1. The van der Waals surface area contributed by atoms with Crippen LogP contribution in [0.15, 0.2) is 48.8 Å². The van der Waals surface area contributed by atoms with Crippen molar-refractivity contribution in [2.75, 3.05) is 23.3 Å². The van der Waals surface area contributed by atoms with Crippen molar-refractivity contribution in [1.82, 2.24) is 9.97 Å². The van der Waals surface area contributed by atoms with Gasteiger partial charge in [0, 0.05) is 24.2 Å². The summed E-state index contributed by atoms with van der Waals surface area (Å²) >= 11 is 0. The lowest BCUT2D eigenvalue weighted by molar-refractivity contribution is -0.111. The zero-order chi connectivity index (χ0) is 15.5. The number of amides is 1. The van der Waals surface area contributed by atoms with E-state index in [0.717, 1.165) is 36.2 Å². The second-order valence-corrected chi connectivity index (χ2v) is 5.24. The van der Waals surface area contributed by atoms with E-state index in [9.17, 15) is 4.79 Å². The van der Waals surface area contributed by atoms with Crippen molar-refractivity contribution >= 4 is 28.3 Å². The van der Waals surface area contributed by atoms with Crippen LogP contribution in [0.5, 0.6) is 0 Å². The van der Waals surface area contributed by atoms with E-state index in [0.29, 0.717) is 5.69 Å². The molecule has 0 spiro atoms. The zero-order valence-electron chi connectivity index (χ0n) is 12.5. The molecule has 5 nitrogen and oxygen atoms in total. The van der Waals surface area contributed by atoms with Crippen molar-refractivity contribution in [3.05, 3.63) is 48.8 Å². The fraction of sp³-hybridized carbons (Fsp3) is 0.235. The summed E-state index contributed by atoms with van der Waals surface area (Å²) in [6.07, 6.45) is 6.07. The molecule has 0 atom stereocenters. The Bertz CT molecular complexity index is 766. The van der Waals surface area contributed by atoms with E-state index in [-0.39, 0.29) is 5.91 Å². The molecule has 2 heterocycles. The third-order valence-electron chi connectivity index (χ3n) is 3.87. The lowest BCUT2D eigenvalue weighted by atomic mass is 10.2. The average Bonchev–Trinajstić information content (AvgIpc) is 3.02. The highest BCUT2D eigenvalue weighted by Crippen LogP contribution is 2.29. The summed E-state index contributed by atoms with van der Waals surface area (Å²) in [5.74, 6) is 0.717. The Morgan fingerprint density at radius 3 is 3.00 bits per heavy atom. The molecule has 1 N–H and O–H groups in total. The van der Waals surface area contributed by atoms with Crippen LogP contribution in [0.4, 0.5) is 11.5 Å². The highest BCUT2D eigenvalue weighted by molar-refractivity contribution is 6.01. The van der Waals surface area contributed by atoms with Gasteiger partial charge in [-0.05, 0) is 37.6 Å². The van der Waals surface area contributed by atoms with Crippen LogP contribution in [0, 0.1) is 0 Å². The standard InChI is InChI=1S/C17H18N4O/c1-3-12-7-8-21(10-12)17-14-6-5-13(20-16(22)4-2)9-15(14)18-11-19-17/h3-6,9,11H,2,7-8,10H2,1H3,(H,20,22)/b12-3-. The molecule has 1 fully saturated rings. The van der Waals surface area contributed by atoms with E-state index in [2.05, 4.69) is 39.8 Å². The van der Waals surface area contributed by atoms with Crippen LogP contribution >= 0.6 is 0 Å². The van der Waals surface area contributed by atoms with E-state index < -0.39 is 0 Å². The fourth-order valence-corrected chi connectivity index (χ4v) is 2.66. The lowest BCUT2D eigenvalue weighted by Gasteiger charge is -2.18. The third kappa shape index (κ3) is 2.70. The van der Waals surface area contributed by atoms with Crippen molar-refractivity contribution in [3.8, 4) is 0 Å². The van der Waals surface area contributed by atoms with Crippen LogP contribution in [0.25, 0.3) is 10.9 Å². The van der Waals surface area contributed by atoms with Crippen LogP contribution in [0.3, 0.4) is 0 Å². The van der Waals surface area contributed by atoms with Crippen LogP contribution in [-0.2, 0) is 4.79 Å². The van der Waals surface area contributed by atoms with E-state index in [1.807, 2.05) is 18.2 Å². The Balaban J connectivity index is 1.96. The summed E-state index contributed by atoms with van der Waals surface area (Å²) in [7, 11) is 0. The summed E-state index contributed by atoms with van der Waals surface area (Å²) in [4.78, 5) is 22.4. The second-order valence-electron chi connectivity index (χ2n) is 5.24. The monoisotopic (exact) mass is 294 g/mol. The van der Waals surface area contributed by atoms with Gasteiger partial charge in [-0.25, -0.2) is 9.97 Å². The van der Waals surface area contributed by atoms with Crippen molar-refractivity contribution in [2.45, 2.75) is 13.3 Å². The van der Waals surface area contributed by atoms with E-state index >= 15 is 0 Å². The Morgan fingerprint density at radius 1 is 1.41 bits per heavy atom. The minimum absolute atomic E-state index is 0.231. The van der Waals surface area contributed by atoms with Gasteiger partial charge in [-0.15, -0.1) is 0 Å². The Morgan fingerprint density at radius 2 is 2.27 bits per heavy atom. The smallest absolute Gasteiger partial charge is 0.247 e. The van der Waals surface area contributed by atoms with Gasteiger partial charge in [-0.1, -0.05) is 18.2 Å². The second kappa shape index (κ2) is 5.97. The third-order valence-corrected chi connectivity index (χ3v) is 3.87. The van der Waals surface area contributed by atoms with Crippen LogP contribution < -0.4 is 10.2 Å². The highest BCUT2D eigenvalue weighted by Gasteiger charge is 2.19. The number of carbonyl (C=O) groups excluding carboxylic acids is 1. The molecule has 0 unspecified atom stereocenters. The van der Waals surface area contributed by atoms with Gasteiger partial charge in [0.2, 0.25) is 5.91 Å². The van der Waals surface area contributed by atoms with Crippen molar-refractivity contribution in [1.29, 1.82) is 0 Å². The minimum atomic E-state index is -0.231. The van der Waals surface area contributed by atoms with E-state index in [4.69, 9.17) is 0 Å². The van der Waals surface area contributed by atoms with Crippen LogP contribution in [0.1, 0.15) is 13.3 Å². The van der Waals surface area contributed by atoms with Gasteiger partial charge < -0.3 is 10.2 Å². The molecule has 1 aromatic heterocycles. The molecule has 1 saturated heterocycles. The summed E-state index contributed by atoms with van der Waals surface area (Å²) in [6.45, 7) is 7.41. The average molecular weight is 294 g/mol. The van der Waals surface area contributed by atoms with Crippen molar-refractivity contribution in [3.63, 3.8) is 0 Å².